The predicted molar refractivity (Wildman–Crippen MR) is 93.2 cm³/mol. The Morgan fingerprint density at radius 1 is 1.35 bits per heavy atom. The van der Waals surface area contributed by atoms with Gasteiger partial charge in [0.05, 0.1) is 14.3 Å². The van der Waals surface area contributed by atoms with E-state index in [-0.39, 0.29) is 39.4 Å². The summed E-state index contributed by atoms with van der Waals surface area (Å²) in [5, 5.41) is 10.8. The molecule has 1 aliphatic carbocycles. The minimum atomic E-state index is -3.73. The Morgan fingerprint density at radius 3 is 2.57 bits per heavy atom. The number of halogens is 2. The molecule has 1 fully saturated rings. The van der Waals surface area contributed by atoms with Gasteiger partial charge in [-0.3, -0.25) is 10.1 Å². The number of sulfonamides is 1. The molecule has 1 aromatic rings. The van der Waals surface area contributed by atoms with E-state index >= 15 is 0 Å². The van der Waals surface area contributed by atoms with Crippen molar-refractivity contribution in [1.82, 2.24) is 4.72 Å². The smallest absolute Gasteiger partial charge is 0.283 e. The van der Waals surface area contributed by atoms with Crippen LogP contribution in [-0.2, 0) is 10.0 Å². The van der Waals surface area contributed by atoms with Gasteiger partial charge in [0.25, 0.3) is 5.69 Å². The molecule has 0 amide bonds. The Hall–Kier alpha value is -0.740. The second-order valence-corrected chi connectivity index (χ2v) is 7.95. The van der Waals surface area contributed by atoms with Crippen molar-refractivity contribution in [3.63, 3.8) is 0 Å². The van der Waals surface area contributed by atoms with E-state index in [4.69, 9.17) is 5.73 Å². The molecule has 0 radical (unpaired) electrons. The summed E-state index contributed by atoms with van der Waals surface area (Å²) in [6.07, 6.45) is 3.69. The van der Waals surface area contributed by atoms with E-state index in [1.807, 2.05) is 0 Å². The average Bonchev–Trinajstić information content (AvgIpc) is 2.47. The molecule has 1 saturated carbocycles. The standard InChI is InChI=1S/C13H18BrN3O4S.ClH/c14-11-7-10(5-6-13(11)17(18)19)22(20,21)16-12-4-2-1-3-9(12)8-15;/h5-7,9,12,16H,1-4,8,15H2;1H. The first-order valence-corrected chi connectivity index (χ1v) is 9.29. The highest BCUT2D eigenvalue weighted by molar-refractivity contribution is 9.10. The monoisotopic (exact) mass is 427 g/mol. The van der Waals surface area contributed by atoms with Crippen LogP contribution in [0.4, 0.5) is 5.69 Å². The van der Waals surface area contributed by atoms with E-state index in [0.717, 1.165) is 25.7 Å². The number of hydrogen-bond acceptors (Lipinski definition) is 5. The normalized spacial score (nSPS) is 21.5. The molecule has 23 heavy (non-hydrogen) atoms. The van der Waals surface area contributed by atoms with E-state index in [1.165, 1.54) is 18.2 Å². The van der Waals surface area contributed by atoms with Gasteiger partial charge in [0.15, 0.2) is 0 Å². The summed E-state index contributed by atoms with van der Waals surface area (Å²) < 4.78 is 27.7. The molecule has 2 atom stereocenters. The Morgan fingerprint density at radius 2 is 2.00 bits per heavy atom. The first-order valence-electron chi connectivity index (χ1n) is 7.01. The van der Waals surface area contributed by atoms with E-state index in [1.54, 1.807) is 0 Å². The lowest BCUT2D eigenvalue weighted by atomic mass is 9.85. The number of nitrogens with two attached hydrogens (primary N) is 1. The van der Waals surface area contributed by atoms with Crippen LogP contribution in [0.15, 0.2) is 27.6 Å². The molecule has 130 valence electrons. The molecule has 2 unspecified atom stereocenters. The Labute approximate surface area is 149 Å². The lowest BCUT2D eigenvalue weighted by Crippen LogP contribution is -2.44. The lowest BCUT2D eigenvalue weighted by molar-refractivity contribution is -0.385. The number of nitrogens with zero attached hydrogens (tertiary/aromatic N) is 1. The number of nitrogens with one attached hydrogen (secondary N) is 1. The molecule has 0 spiro atoms. The summed E-state index contributed by atoms with van der Waals surface area (Å²) in [4.78, 5) is 10.2. The second kappa shape index (κ2) is 8.39. The molecule has 0 aliphatic heterocycles. The summed E-state index contributed by atoms with van der Waals surface area (Å²) >= 11 is 3.04. The zero-order valence-electron chi connectivity index (χ0n) is 12.3. The molecule has 0 aromatic heterocycles. The summed E-state index contributed by atoms with van der Waals surface area (Å²) in [5.41, 5.74) is 5.54. The van der Waals surface area contributed by atoms with Gasteiger partial charge < -0.3 is 5.73 Å². The van der Waals surface area contributed by atoms with Crippen molar-refractivity contribution in [2.45, 2.75) is 36.6 Å². The minimum absolute atomic E-state index is 0. The van der Waals surface area contributed by atoms with Crippen molar-refractivity contribution in [3.05, 3.63) is 32.8 Å². The van der Waals surface area contributed by atoms with Crippen LogP contribution in [0.25, 0.3) is 0 Å². The number of benzene rings is 1. The summed E-state index contributed by atoms with van der Waals surface area (Å²) in [6, 6.07) is 3.49. The zero-order valence-corrected chi connectivity index (χ0v) is 15.5. The number of nitro benzene ring substituents is 1. The highest BCUT2D eigenvalue weighted by Gasteiger charge is 2.29. The molecule has 10 heteroatoms. The van der Waals surface area contributed by atoms with Crippen molar-refractivity contribution in [1.29, 1.82) is 0 Å². The van der Waals surface area contributed by atoms with Crippen LogP contribution in [-0.4, -0.2) is 25.9 Å². The van der Waals surface area contributed by atoms with E-state index < -0.39 is 14.9 Å². The summed E-state index contributed by atoms with van der Waals surface area (Å²) in [5.74, 6) is 0.130. The third-order valence-electron chi connectivity index (χ3n) is 3.94. The van der Waals surface area contributed by atoms with Gasteiger partial charge in [-0.05, 0) is 53.4 Å². The van der Waals surface area contributed by atoms with Crippen molar-refractivity contribution in [2.75, 3.05) is 6.54 Å². The largest absolute Gasteiger partial charge is 0.330 e. The Balaban J connectivity index is 0.00000264. The summed E-state index contributed by atoms with van der Waals surface area (Å²) in [7, 11) is -3.73. The topological polar surface area (TPSA) is 115 Å². The van der Waals surface area contributed by atoms with Gasteiger partial charge >= 0.3 is 0 Å². The van der Waals surface area contributed by atoms with Crippen molar-refractivity contribution < 1.29 is 13.3 Å². The van der Waals surface area contributed by atoms with Crippen molar-refractivity contribution in [2.24, 2.45) is 11.7 Å². The van der Waals surface area contributed by atoms with E-state index in [9.17, 15) is 18.5 Å². The predicted octanol–water partition coefficient (Wildman–Crippen LogP) is 2.57. The molecule has 0 saturated heterocycles. The van der Waals surface area contributed by atoms with E-state index in [2.05, 4.69) is 20.7 Å². The molecular formula is C13H19BrClN3O4S. The number of nitro groups is 1. The van der Waals surface area contributed by atoms with Gasteiger partial charge in [-0.1, -0.05) is 12.8 Å². The average molecular weight is 429 g/mol. The highest BCUT2D eigenvalue weighted by atomic mass is 79.9. The van der Waals surface area contributed by atoms with Crippen LogP contribution in [0, 0.1) is 16.0 Å². The molecular weight excluding hydrogens is 410 g/mol. The van der Waals surface area contributed by atoms with Crippen LogP contribution in [0.1, 0.15) is 25.7 Å². The van der Waals surface area contributed by atoms with Gasteiger partial charge in [0.2, 0.25) is 10.0 Å². The molecule has 0 heterocycles. The maximum atomic E-state index is 12.5. The highest BCUT2D eigenvalue weighted by Crippen LogP contribution is 2.29. The fourth-order valence-corrected chi connectivity index (χ4v) is 4.76. The zero-order chi connectivity index (χ0) is 16.3. The Kier molecular flexibility index (Phi) is 7.40. The van der Waals surface area contributed by atoms with Gasteiger partial charge in [-0.2, -0.15) is 0 Å². The third-order valence-corrected chi connectivity index (χ3v) is 6.07. The van der Waals surface area contributed by atoms with Crippen LogP contribution in [0.2, 0.25) is 0 Å². The SMILES string of the molecule is Cl.NCC1CCCCC1NS(=O)(=O)c1ccc([N+](=O)[O-])c(Br)c1. The molecule has 2 rings (SSSR count). The number of hydrogen-bond donors (Lipinski definition) is 2. The molecule has 3 N–H and O–H groups in total. The fraction of sp³-hybridized carbons (Fsp3) is 0.538. The maximum Gasteiger partial charge on any atom is 0.283 e. The quantitative estimate of drug-likeness (QED) is 0.552. The second-order valence-electron chi connectivity index (χ2n) is 5.38. The van der Waals surface area contributed by atoms with Crippen LogP contribution in [0.5, 0.6) is 0 Å². The Bertz CT molecular complexity index is 671. The lowest BCUT2D eigenvalue weighted by Gasteiger charge is -2.31. The van der Waals surface area contributed by atoms with Crippen molar-refractivity contribution >= 4 is 44.0 Å². The number of rotatable bonds is 5. The minimum Gasteiger partial charge on any atom is -0.330 e. The first kappa shape index (κ1) is 20.3. The molecule has 1 aromatic carbocycles. The van der Waals surface area contributed by atoms with E-state index in [0.29, 0.717) is 6.54 Å². The van der Waals surface area contributed by atoms with Gasteiger partial charge in [0, 0.05) is 12.1 Å². The molecule has 1 aliphatic rings. The summed E-state index contributed by atoms with van der Waals surface area (Å²) in [6.45, 7) is 0.442. The fourth-order valence-electron chi connectivity index (χ4n) is 2.72. The van der Waals surface area contributed by atoms with Crippen LogP contribution < -0.4 is 10.5 Å². The van der Waals surface area contributed by atoms with Gasteiger partial charge in [0.1, 0.15) is 0 Å². The van der Waals surface area contributed by atoms with Gasteiger partial charge in [-0.15, -0.1) is 12.4 Å². The molecule has 0 bridgehead atoms. The van der Waals surface area contributed by atoms with Crippen LogP contribution >= 0.6 is 28.3 Å². The van der Waals surface area contributed by atoms with Gasteiger partial charge in [-0.25, -0.2) is 13.1 Å². The maximum absolute atomic E-state index is 12.5. The third kappa shape index (κ3) is 4.87. The first-order chi connectivity index (χ1) is 10.3. The van der Waals surface area contributed by atoms with Crippen molar-refractivity contribution in [3.8, 4) is 0 Å². The molecule has 7 nitrogen and oxygen atoms in total. The van der Waals surface area contributed by atoms with Crippen LogP contribution in [0.3, 0.4) is 0 Å².